The molecule has 0 atom stereocenters. The van der Waals surface area contributed by atoms with E-state index < -0.39 is 10.0 Å². The number of primary sulfonamides is 1. The number of imidazole rings is 1. The molecule has 0 unspecified atom stereocenters. The second-order valence-electron chi connectivity index (χ2n) is 3.82. The maximum absolute atomic E-state index is 11.6. The number of nitrogens with two attached hydrogens (primary N) is 1. The lowest BCUT2D eigenvalue weighted by Gasteiger charge is -2.02. The minimum atomic E-state index is -3.95. The summed E-state index contributed by atoms with van der Waals surface area (Å²) in [6.07, 6.45) is 1.66. The molecule has 0 bridgehead atoms. The molecule has 2 aromatic heterocycles. The van der Waals surface area contributed by atoms with Gasteiger partial charge >= 0.3 is 0 Å². The first kappa shape index (κ1) is 12.8. The Hall–Kier alpha value is -1.67. The molecule has 0 radical (unpaired) electrons. The Balaban J connectivity index is 2.75. The van der Waals surface area contributed by atoms with Crippen LogP contribution in [0.15, 0.2) is 17.2 Å². The van der Waals surface area contributed by atoms with Crippen LogP contribution in [-0.4, -0.2) is 30.1 Å². The second-order valence-corrected chi connectivity index (χ2v) is 5.29. The van der Waals surface area contributed by atoms with E-state index in [1.807, 2.05) is 6.92 Å². The number of nitrogens with zero attached hydrogens (tertiary/aromatic N) is 3. The van der Waals surface area contributed by atoms with Crippen molar-refractivity contribution in [1.29, 1.82) is 0 Å². The molecule has 2 rings (SSSR count). The molecule has 98 valence electrons. The van der Waals surface area contributed by atoms with Gasteiger partial charge in [-0.2, -0.15) is 14.6 Å². The summed E-state index contributed by atoms with van der Waals surface area (Å²) >= 11 is 0. The highest BCUT2D eigenvalue weighted by molar-refractivity contribution is 7.89. The van der Waals surface area contributed by atoms with E-state index in [0.29, 0.717) is 5.65 Å². The molecule has 18 heavy (non-hydrogen) atoms. The van der Waals surface area contributed by atoms with Crippen LogP contribution in [0.5, 0.6) is 5.88 Å². The quantitative estimate of drug-likeness (QED) is 0.863. The van der Waals surface area contributed by atoms with Crippen LogP contribution in [0.25, 0.3) is 5.65 Å². The fourth-order valence-electron chi connectivity index (χ4n) is 1.70. The summed E-state index contributed by atoms with van der Waals surface area (Å²) in [4.78, 5) is 4.02. The van der Waals surface area contributed by atoms with Gasteiger partial charge in [-0.3, -0.25) is 0 Å². The summed E-state index contributed by atoms with van der Waals surface area (Å²) < 4.78 is 29.2. The van der Waals surface area contributed by atoms with Gasteiger partial charge in [0.25, 0.3) is 15.9 Å². The summed E-state index contributed by atoms with van der Waals surface area (Å²) in [6.45, 7) is 2.01. The summed E-state index contributed by atoms with van der Waals surface area (Å²) in [7, 11) is -2.61. The monoisotopic (exact) mass is 270 g/mol. The third-order valence-corrected chi connectivity index (χ3v) is 3.32. The molecule has 2 aromatic rings. The van der Waals surface area contributed by atoms with Crippen molar-refractivity contribution >= 4 is 15.7 Å². The normalized spacial score (nSPS) is 11.9. The van der Waals surface area contributed by atoms with Gasteiger partial charge < -0.3 is 4.74 Å². The lowest BCUT2D eigenvalue weighted by atomic mass is 10.2. The molecule has 0 saturated carbocycles. The van der Waals surface area contributed by atoms with Gasteiger partial charge in [0.2, 0.25) is 5.03 Å². The van der Waals surface area contributed by atoms with Crippen LogP contribution >= 0.6 is 0 Å². The summed E-state index contributed by atoms with van der Waals surface area (Å²) in [5.41, 5.74) is 1.16. The number of hydrogen-bond acceptors (Lipinski definition) is 5. The molecule has 0 fully saturated rings. The number of ether oxygens (including phenoxy) is 1. The van der Waals surface area contributed by atoms with E-state index >= 15 is 0 Å². The largest absolute Gasteiger partial charge is 0.479 e. The van der Waals surface area contributed by atoms with Crippen molar-refractivity contribution in [3.63, 3.8) is 0 Å². The van der Waals surface area contributed by atoms with Gasteiger partial charge in [-0.25, -0.2) is 13.6 Å². The Morgan fingerprint density at radius 1 is 1.44 bits per heavy atom. The van der Waals surface area contributed by atoms with Crippen LogP contribution in [0.4, 0.5) is 0 Å². The first-order valence-electron chi connectivity index (χ1n) is 5.42. The lowest BCUT2D eigenvalue weighted by molar-refractivity contribution is 0.385. The van der Waals surface area contributed by atoms with Gasteiger partial charge in [-0.1, -0.05) is 13.3 Å². The van der Waals surface area contributed by atoms with Crippen molar-refractivity contribution in [1.82, 2.24) is 14.6 Å². The third kappa shape index (κ3) is 2.16. The molecule has 0 aliphatic heterocycles. The van der Waals surface area contributed by atoms with Crippen molar-refractivity contribution in [3.8, 4) is 5.88 Å². The van der Waals surface area contributed by atoms with Crippen molar-refractivity contribution in [2.75, 3.05) is 7.11 Å². The predicted molar refractivity (Wildman–Crippen MR) is 64.9 cm³/mol. The van der Waals surface area contributed by atoms with Gasteiger partial charge in [0.15, 0.2) is 5.65 Å². The van der Waals surface area contributed by atoms with Gasteiger partial charge in [0.1, 0.15) is 0 Å². The molecule has 0 aliphatic rings. The molecule has 0 aromatic carbocycles. The van der Waals surface area contributed by atoms with Gasteiger partial charge in [0, 0.05) is 0 Å². The maximum Gasteiger partial charge on any atom is 0.261 e. The van der Waals surface area contributed by atoms with E-state index in [0.717, 1.165) is 18.5 Å². The van der Waals surface area contributed by atoms with Gasteiger partial charge in [0.05, 0.1) is 12.8 Å². The number of methoxy groups -OCH3 is 1. The van der Waals surface area contributed by atoms with Gasteiger partial charge in [-0.15, -0.1) is 0 Å². The minimum absolute atomic E-state index is 0.0429. The average Bonchev–Trinajstić information content (AvgIpc) is 2.66. The van der Waals surface area contributed by atoms with E-state index in [2.05, 4.69) is 10.1 Å². The number of hydrogen-bond donors (Lipinski definition) is 1. The van der Waals surface area contributed by atoms with Gasteiger partial charge in [-0.05, 0) is 18.6 Å². The van der Waals surface area contributed by atoms with Crippen LogP contribution < -0.4 is 9.88 Å². The van der Waals surface area contributed by atoms with Crippen molar-refractivity contribution in [3.05, 3.63) is 17.8 Å². The second kappa shape index (κ2) is 4.54. The minimum Gasteiger partial charge on any atom is -0.479 e. The van der Waals surface area contributed by atoms with E-state index in [4.69, 9.17) is 9.88 Å². The molecule has 2 heterocycles. The van der Waals surface area contributed by atoms with E-state index in [9.17, 15) is 8.42 Å². The molecule has 0 spiro atoms. The topological polar surface area (TPSA) is 99.6 Å². The Bertz CT molecular complexity index is 678. The van der Waals surface area contributed by atoms with Crippen LogP contribution in [0.2, 0.25) is 0 Å². The fraction of sp³-hybridized carbons (Fsp3) is 0.400. The highest BCUT2D eigenvalue weighted by atomic mass is 32.2. The molecule has 8 heteroatoms. The number of fused-ring (bicyclic) bond motifs is 1. The van der Waals surface area contributed by atoms with E-state index in [1.165, 1.54) is 11.6 Å². The molecule has 7 nitrogen and oxygen atoms in total. The number of aromatic nitrogens is 3. The Kier molecular flexibility index (Phi) is 3.22. The van der Waals surface area contributed by atoms with Crippen LogP contribution in [-0.2, 0) is 16.4 Å². The number of rotatable bonds is 4. The first-order valence-corrected chi connectivity index (χ1v) is 6.97. The van der Waals surface area contributed by atoms with Crippen LogP contribution in [0.1, 0.15) is 19.0 Å². The number of sulfonamides is 1. The highest BCUT2D eigenvalue weighted by Gasteiger charge is 2.24. The highest BCUT2D eigenvalue weighted by Crippen LogP contribution is 2.22. The summed E-state index contributed by atoms with van der Waals surface area (Å²) in [5, 5.41) is 9.15. The zero-order chi connectivity index (χ0) is 13.3. The van der Waals surface area contributed by atoms with Crippen molar-refractivity contribution < 1.29 is 13.2 Å². The summed E-state index contributed by atoms with van der Waals surface area (Å²) in [5.74, 6) is -0.0429. The van der Waals surface area contributed by atoms with Crippen molar-refractivity contribution in [2.24, 2.45) is 5.14 Å². The zero-order valence-corrected chi connectivity index (χ0v) is 10.9. The van der Waals surface area contributed by atoms with E-state index in [1.54, 1.807) is 12.1 Å². The third-order valence-electron chi connectivity index (χ3n) is 2.43. The lowest BCUT2D eigenvalue weighted by Crippen LogP contribution is -2.17. The molecular weight excluding hydrogens is 256 g/mol. The van der Waals surface area contributed by atoms with E-state index in [-0.39, 0.29) is 10.9 Å². The molecular formula is C10H14N4O3S. The fourth-order valence-corrected chi connectivity index (χ4v) is 2.44. The van der Waals surface area contributed by atoms with Crippen molar-refractivity contribution in [2.45, 2.75) is 24.8 Å². The van der Waals surface area contributed by atoms with Crippen LogP contribution in [0, 0.1) is 0 Å². The number of aryl methyl sites for hydroxylation is 1. The maximum atomic E-state index is 11.6. The SMILES string of the molecule is CCCc1ccc2nc(OC)c(S(N)(=O)=O)n2n1. The molecule has 0 aliphatic carbocycles. The summed E-state index contributed by atoms with van der Waals surface area (Å²) in [6, 6.07) is 3.49. The zero-order valence-electron chi connectivity index (χ0n) is 10.1. The average molecular weight is 270 g/mol. The molecule has 0 saturated heterocycles. The Morgan fingerprint density at radius 3 is 2.72 bits per heavy atom. The van der Waals surface area contributed by atoms with Crippen LogP contribution in [0.3, 0.4) is 0 Å². The first-order chi connectivity index (χ1) is 8.47. The smallest absolute Gasteiger partial charge is 0.261 e. The Morgan fingerprint density at radius 2 is 2.17 bits per heavy atom. The molecule has 2 N–H and O–H groups in total. The standard InChI is InChI=1S/C10H14N4O3S/c1-3-4-7-5-6-8-12-9(17-2)10(14(8)13-7)18(11,15)16/h5-6H,3-4H2,1-2H3,(H2,11,15,16). The predicted octanol–water partition coefficient (Wildman–Crippen LogP) is 0.338. The molecule has 0 amide bonds. The Labute approximate surface area is 105 Å².